The molecule has 0 fully saturated rings. The summed E-state index contributed by atoms with van der Waals surface area (Å²) in [7, 11) is 0. The predicted molar refractivity (Wildman–Crippen MR) is 72.0 cm³/mol. The molecular weight excluding hydrogens is 228 g/mol. The molecule has 1 aliphatic heterocycles. The third-order valence-electron chi connectivity index (χ3n) is 2.91. The van der Waals surface area contributed by atoms with Crippen molar-refractivity contribution in [2.24, 2.45) is 5.92 Å². The third-order valence-corrected chi connectivity index (χ3v) is 2.91. The van der Waals surface area contributed by atoms with Crippen LogP contribution < -0.4 is 0 Å². The summed E-state index contributed by atoms with van der Waals surface area (Å²) in [4.78, 5) is 11.1. The second kappa shape index (κ2) is 7.88. The molecule has 1 heterocycles. The van der Waals surface area contributed by atoms with E-state index >= 15 is 0 Å². The zero-order valence-electron chi connectivity index (χ0n) is 11.1. The van der Waals surface area contributed by atoms with E-state index in [1.807, 2.05) is 18.2 Å². The molecule has 1 rings (SSSR count). The Bertz CT molecular complexity index is 353. The maximum absolute atomic E-state index is 11.1. The fourth-order valence-corrected chi connectivity index (χ4v) is 1.83. The maximum Gasteiger partial charge on any atom is 0.331 e. The molecule has 0 aromatic heterocycles. The van der Waals surface area contributed by atoms with Gasteiger partial charge in [0.15, 0.2) is 0 Å². The van der Waals surface area contributed by atoms with Crippen LogP contribution in [0.4, 0.5) is 0 Å². The first-order valence-corrected chi connectivity index (χ1v) is 6.52. The van der Waals surface area contributed by atoms with Crippen molar-refractivity contribution in [2.45, 2.75) is 39.2 Å². The van der Waals surface area contributed by atoms with E-state index in [0.717, 1.165) is 19.3 Å². The molecule has 100 valence electrons. The first-order chi connectivity index (χ1) is 8.65. The van der Waals surface area contributed by atoms with Crippen LogP contribution >= 0.6 is 0 Å². The minimum Gasteiger partial charge on any atom is -0.455 e. The molecule has 18 heavy (non-hydrogen) atoms. The van der Waals surface area contributed by atoms with Crippen molar-refractivity contribution in [1.29, 1.82) is 0 Å². The number of cyclic esters (lactones) is 1. The molecule has 0 unspecified atom stereocenters. The van der Waals surface area contributed by atoms with E-state index < -0.39 is 0 Å². The zero-order chi connectivity index (χ0) is 13.4. The summed E-state index contributed by atoms with van der Waals surface area (Å²) in [6, 6.07) is 0. The summed E-state index contributed by atoms with van der Waals surface area (Å²) < 4.78 is 5.15. The normalized spacial score (nSPS) is 22.3. The van der Waals surface area contributed by atoms with Gasteiger partial charge in [-0.15, -0.1) is 0 Å². The fraction of sp³-hybridized carbons (Fsp3) is 0.533. The van der Waals surface area contributed by atoms with Crippen molar-refractivity contribution in [3.8, 4) is 0 Å². The molecule has 0 aliphatic carbocycles. The van der Waals surface area contributed by atoms with E-state index in [-0.39, 0.29) is 18.7 Å². The van der Waals surface area contributed by atoms with Gasteiger partial charge in [-0.25, -0.2) is 4.79 Å². The molecule has 3 nitrogen and oxygen atoms in total. The van der Waals surface area contributed by atoms with Crippen molar-refractivity contribution in [3.05, 3.63) is 36.0 Å². The second-order valence-electron chi connectivity index (χ2n) is 4.56. The van der Waals surface area contributed by atoms with Crippen LogP contribution in [0.1, 0.15) is 33.1 Å². The first kappa shape index (κ1) is 14.7. The van der Waals surface area contributed by atoms with Gasteiger partial charge in [0.05, 0.1) is 0 Å². The number of carbonyl (C=O) groups is 1. The van der Waals surface area contributed by atoms with Gasteiger partial charge < -0.3 is 9.84 Å². The Balaban J connectivity index is 2.56. The van der Waals surface area contributed by atoms with Gasteiger partial charge in [0.2, 0.25) is 0 Å². The quantitative estimate of drug-likeness (QED) is 0.582. The number of aliphatic hydroxyl groups excluding tert-OH is 1. The molecule has 0 saturated carbocycles. The summed E-state index contributed by atoms with van der Waals surface area (Å²) >= 11 is 0. The molecule has 3 heteroatoms. The molecule has 0 bridgehead atoms. The molecule has 2 atom stereocenters. The van der Waals surface area contributed by atoms with Crippen LogP contribution in [0, 0.1) is 5.92 Å². The van der Waals surface area contributed by atoms with E-state index in [2.05, 4.69) is 19.9 Å². The van der Waals surface area contributed by atoms with Gasteiger partial charge in [-0.05, 0) is 24.8 Å². The Kier molecular flexibility index (Phi) is 6.44. The molecule has 0 radical (unpaired) electrons. The van der Waals surface area contributed by atoms with Crippen molar-refractivity contribution < 1.29 is 14.6 Å². The molecular formula is C15H22O3. The average Bonchev–Trinajstić information content (AvgIpc) is 2.35. The third kappa shape index (κ3) is 5.32. The number of esters is 1. The molecule has 0 saturated heterocycles. The number of hydrogen-bond acceptors (Lipinski definition) is 3. The Labute approximate surface area is 109 Å². The second-order valence-corrected chi connectivity index (χ2v) is 4.56. The number of rotatable bonds is 6. The SMILES string of the molecule is CCC(=C/[C@H](C)CCO)/C=C/[C@H]1CC=CC(=O)O1. The van der Waals surface area contributed by atoms with Crippen LogP contribution in [-0.2, 0) is 9.53 Å². The number of ether oxygens (including phenoxy) is 1. The van der Waals surface area contributed by atoms with Crippen molar-refractivity contribution >= 4 is 5.97 Å². The van der Waals surface area contributed by atoms with Crippen molar-refractivity contribution in [1.82, 2.24) is 0 Å². The molecule has 0 aromatic carbocycles. The van der Waals surface area contributed by atoms with E-state index in [1.165, 1.54) is 11.6 Å². The Morgan fingerprint density at radius 1 is 1.67 bits per heavy atom. The minimum atomic E-state index is -0.272. The summed E-state index contributed by atoms with van der Waals surface area (Å²) in [6.45, 7) is 4.39. The Hall–Kier alpha value is -1.35. The lowest BCUT2D eigenvalue weighted by Gasteiger charge is -2.15. The largest absolute Gasteiger partial charge is 0.455 e. The topological polar surface area (TPSA) is 46.5 Å². The Morgan fingerprint density at radius 3 is 3.06 bits per heavy atom. The lowest BCUT2D eigenvalue weighted by atomic mass is 10.0. The molecule has 0 aromatic rings. The van der Waals surface area contributed by atoms with Gasteiger partial charge in [0.1, 0.15) is 6.10 Å². The van der Waals surface area contributed by atoms with Crippen LogP contribution in [-0.4, -0.2) is 23.8 Å². The fourth-order valence-electron chi connectivity index (χ4n) is 1.83. The standard InChI is InChI=1S/C15H22O3/c1-3-13(11-12(2)9-10-16)7-8-14-5-4-6-15(17)18-14/h4,6-8,11-12,14,16H,3,5,9-10H2,1-2H3/b8-7+,13-11-/t12-,14-/m1/s1. The van der Waals surface area contributed by atoms with Gasteiger partial charge in [-0.1, -0.05) is 37.6 Å². The highest BCUT2D eigenvalue weighted by Gasteiger charge is 2.12. The smallest absolute Gasteiger partial charge is 0.331 e. The molecule has 1 aliphatic rings. The van der Waals surface area contributed by atoms with Gasteiger partial charge >= 0.3 is 5.97 Å². The highest BCUT2D eigenvalue weighted by atomic mass is 16.5. The summed E-state index contributed by atoms with van der Waals surface area (Å²) in [5.41, 5.74) is 1.21. The number of carbonyl (C=O) groups excluding carboxylic acids is 1. The Morgan fingerprint density at radius 2 is 2.44 bits per heavy atom. The van der Waals surface area contributed by atoms with Crippen LogP contribution in [0.5, 0.6) is 0 Å². The van der Waals surface area contributed by atoms with E-state index in [0.29, 0.717) is 5.92 Å². The lowest BCUT2D eigenvalue weighted by molar-refractivity contribution is -0.141. The van der Waals surface area contributed by atoms with Crippen molar-refractivity contribution in [3.63, 3.8) is 0 Å². The number of hydrogen-bond donors (Lipinski definition) is 1. The highest BCUT2D eigenvalue weighted by molar-refractivity contribution is 5.82. The van der Waals surface area contributed by atoms with Crippen LogP contribution in [0.2, 0.25) is 0 Å². The van der Waals surface area contributed by atoms with Gasteiger partial charge in [0.25, 0.3) is 0 Å². The van der Waals surface area contributed by atoms with Gasteiger partial charge in [0, 0.05) is 19.1 Å². The molecule has 0 amide bonds. The predicted octanol–water partition coefficient (Wildman–Crippen LogP) is 2.77. The van der Waals surface area contributed by atoms with Crippen molar-refractivity contribution in [2.75, 3.05) is 6.61 Å². The zero-order valence-corrected chi connectivity index (χ0v) is 11.1. The van der Waals surface area contributed by atoms with Crippen LogP contribution in [0.3, 0.4) is 0 Å². The van der Waals surface area contributed by atoms with E-state index in [9.17, 15) is 4.79 Å². The van der Waals surface area contributed by atoms with Gasteiger partial charge in [-0.3, -0.25) is 0 Å². The maximum atomic E-state index is 11.1. The summed E-state index contributed by atoms with van der Waals surface area (Å²) in [5.74, 6) is 0.0926. The van der Waals surface area contributed by atoms with Crippen LogP contribution in [0.15, 0.2) is 36.0 Å². The molecule has 0 spiro atoms. The summed E-state index contributed by atoms with van der Waals surface area (Å²) in [6.07, 6.45) is 11.7. The average molecular weight is 250 g/mol. The first-order valence-electron chi connectivity index (χ1n) is 6.52. The van der Waals surface area contributed by atoms with Crippen LogP contribution in [0.25, 0.3) is 0 Å². The number of aliphatic hydroxyl groups is 1. The number of allylic oxidation sites excluding steroid dienone is 3. The molecule has 1 N–H and O–H groups in total. The highest BCUT2D eigenvalue weighted by Crippen LogP contribution is 2.14. The summed E-state index contributed by atoms with van der Waals surface area (Å²) in [5, 5.41) is 8.87. The van der Waals surface area contributed by atoms with E-state index in [4.69, 9.17) is 9.84 Å². The van der Waals surface area contributed by atoms with Gasteiger partial charge in [-0.2, -0.15) is 0 Å². The monoisotopic (exact) mass is 250 g/mol. The van der Waals surface area contributed by atoms with E-state index in [1.54, 1.807) is 0 Å². The lowest BCUT2D eigenvalue weighted by Crippen LogP contribution is -2.17. The minimum absolute atomic E-state index is 0.148.